The lowest BCUT2D eigenvalue weighted by Crippen LogP contribution is -2.29. The van der Waals surface area contributed by atoms with Crippen LogP contribution >= 0.6 is 0 Å². The van der Waals surface area contributed by atoms with Gasteiger partial charge >= 0.3 is 0 Å². The summed E-state index contributed by atoms with van der Waals surface area (Å²) < 4.78 is 0. The van der Waals surface area contributed by atoms with Crippen LogP contribution < -0.4 is 5.73 Å². The van der Waals surface area contributed by atoms with Crippen LogP contribution in [0.3, 0.4) is 0 Å². The molecule has 12 rings (SSSR count). The minimum absolute atomic E-state index is 0.307. The molecule has 0 radical (unpaired) electrons. The van der Waals surface area contributed by atoms with E-state index in [1.807, 2.05) is 12.2 Å². The molecule has 9 aromatic carbocycles. The molecule has 0 spiro atoms. The fourth-order valence-electron chi connectivity index (χ4n) is 12.5. The standard InChI is InChI=1S/C50H38.C22H25N/c1-5-39-41-28-26-35(32-46(41)50(44(39)6-2,37-20-12-8-13-21-37)38-22-14-9-15-23-38)34-27-29-43-45(31-34)49(4,36-18-10-7-11-19-36)47-30-33(3)40-24-16-17-25-42(40)48(43)47;1-16-5-3-4-6-21(16)22-12-11-20(13-17(22)2)14-18-7-9-19(15-23)10-8-18/h5-32H,1-2H2,3-4H3;4,6-13H,3,5,14-15,23H2,1-2H3. The summed E-state index contributed by atoms with van der Waals surface area (Å²) in [7, 11) is 0. The van der Waals surface area contributed by atoms with Gasteiger partial charge in [0, 0.05) is 12.0 Å². The summed E-state index contributed by atoms with van der Waals surface area (Å²) in [6, 6.07) is 73.8. The van der Waals surface area contributed by atoms with E-state index >= 15 is 0 Å². The van der Waals surface area contributed by atoms with Crippen molar-refractivity contribution in [2.75, 3.05) is 0 Å². The third-order valence-electron chi connectivity index (χ3n) is 16.2. The van der Waals surface area contributed by atoms with E-state index < -0.39 is 5.41 Å². The number of nitrogens with two attached hydrogens (primary N) is 1. The molecule has 3 aliphatic carbocycles. The average molecular weight is 942 g/mol. The van der Waals surface area contributed by atoms with Gasteiger partial charge in [-0.05, 0) is 181 Å². The fourth-order valence-corrected chi connectivity index (χ4v) is 12.5. The minimum Gasteiger partial charge on any atom is -0.326 e. The van der Waals surface area contributed by atoms with Crippen molar-refractivity contribution in [3.63, 3.8) is 0 Å². The Labute approximate surface area is 433 Å². The molecule has 0 bridgehead atoms. The lowest BCUT2D eigenvalue weighted by Gasteiger charge is -2.35. The van der Waals surface area contributed by atoms with Crippen molar-refractivity contribution < 1.29 is 0 Å². The molecule has 0 heterocycles. The molecular weight excluding hydrogens is 879 g/mol. The number of benzene rings is 9. The van der Waals surface area contributed by atoms with Gasteiger partial charge in [-0.25, -0.2) is 0 Å². The number of aryl methyl sites for hydroxylation is 2. The zero-order chi connectivity index (χ0) is 50.3. The predicted octanol–water partition coefficient (Wildman–Crippen LogP) is 17.8. The highest BCUT2D eigenvalue weighted by molar-refractivity contribution is 6.05. The molecular formula is C72H63N. The lowest BCUT2D eigenvalue weighted by molar-refractivity contribution is 0.714. The first-order valence-corrected chi connectivity index (χ1v) is 25.9. The molecule has 0 fully saturated rings. The zero-order valence-corrected chi connectivity index (χ0v) is 42.7. The molecule has 3 aliphatic rings. The molecule has 73 heavy (non-hydrogen) atoms. The second kappa shape index (κ2) is 19.5. The third-order valence-corrected chi connectivity index (χ3v) is 16.2. The third kappa shape index (κ3) is 8.00. The van der Waals surface area contributed by atoms with E-state index in [0.717, 1.165) is 12.0 Å². The van der Waals surface area contributed by atoms with Crippen molar-refractivity contribution in [3.8, 4) is 22.3 Å². The molecule has 1 nitrogen and oxygen atoms in total. The van der Waals surface area contributed by atoms with Gasteiger partial charge in [-0.3, -0.25) is 0 Å². The van der Waals surface area contributed by atoms with Crippen LogP contribution in [0.15, 0.2) is 249 Å². The minimum atomic E-state index is -0.527. The summed E-state index contributed by atoms with van der Waals surface area (Å²) in [5.41, 5.74) is 32.0. The highest BCUT2D eigenvalue weighted by Crippen LogP contribution is 2.58. The van der Waals surface area contributed by atoms with Crippen molar-refractivity contribution in [1.29, 1.82) is 0 Å². The second-order valence-electron chi connectivity index (χ2n) is 20.4. The van der Waals surface area contributed by atoms with Gasteiger partial charge in [0.05, 0.1) is 5.41 Å². The molecule has 0 saturated carbocycles. The Bertz CT molecular complexity index is 3640. The smallest absolute Gasteiger partial charge is 0.0713 e. The maximum Gasteiger partial charge on any atom is 0.0713 e. The van der Waals surface area contributed by atoms with Crippen LogP contribution in [0.25, 0.3) is 44.2 Å². The topological polar surface area (TPSA) is 26.0 Å². The van der Waals surface area contributed by atoms with E-state index in [1.165, 1.54) is 135 Å². The Morgan fingerprint density at radius 1 is 0.507 bits per heavy atom. The van der Waals surface area contributed by atoms with Crippen molar-refractivity contribution in [1.82, 2.24) is 0 Å². The first kappa shape index (κ1) is 47.2. The van der Waals surface area contributed by atoms with Gasteiger partial charge in [0.1, 0.15) is 0 Å². The number of allylic oxidation sites excluding steroid dienone is 8. The van der Waals surface area contributed by atoms with Crippen LogP contribution in [0.4, 0.5) is 0 Å². The Morgan fingerprint density at radius 2 is 1.07 bits per heavy atom. The highest BCUT2D eigenvalue weighted by atomic mass is 14.5. The van der Waals surface area contributed by atoms with Gasteiger partial charge in [0.15, 0.2) is 0 Å². The normalized spacial score (nSPS) is 16.1. The molecule has 1 heteroatoms. The number of hydrogen-bond donors (Lipinski definition) is 1. The van der Waals surface area contributed by atoms with Gasteiger partial charge in [-0.2, -0.15) is 0 Å². The molecule has 0 aromatic heterocycles. The summed E-state index contributed by atoms with van der Waals surface area (Å²) in [5, 5.41) is 2.64. The van der Waals surface area contributed by atoms with Gasteiger partial charge in [0.2, 0.25) is 0 Å². The fraction of sp³-hybridized carbons (Fsp3) is 0.139. The van der Waals surface area contributed by atoms with Gasteiger partial charge < -0.3 is 5.73 Å². The van der Waals surface area contributed by atoms with Crippen molar-refractivity contribution >= 4 is 21.9 Å². The Morgan fingerprint density at radius 3 is 1.67 bits per heavy atom. The maximum absolute atomic E-state index is 5.66. The molecule has 2 N–H and O–H groups in total. The van der Waals surface area contributed by atoms with Crippen LogP contribution in [0, 0.1) is 13.8 Å². The summed E-state index contributed by atoms with van der Waals surface area (Å²) in [6.45, 7) is 18.4. The monoisotopic (exact) mass is 941 g/mol. The molecule has 0 saturated heterocycles. The molecule has 1 atom stereocenters. The van der Waals surface area contributed by atoms with E-state index in [4.69, 9.17) is 5.73 Å². The highest BCUT2D eigenvalue weighted by Gasteiger charge is 2.47. The summed E-state index contributed by atoms with van der Waals surface area (Å²) in [4.78, 5) is 0. The van der Waals surface area contributed by atoms with Crippen LogP contribution in [0.1, 0.15) is 99.0 Å². The van der Waals surface area contributed by atoms with Crippen LogP contribution in [0.5, 0.6) is 0 Å². The molecule has 9 aromatic rings. The van der Waals surface area contributed by atoms with Gasteiger partial charge in [-0.1, -0.05) is 231 Å². The molecule has 0 aliphatic heterocycles. The molecule has 356 valence electrons. The van der Waals surface area contributed by atoms with Gasteiger partial charge in [-0.15, -0.1) is 0 Å². The Kier molecular flexibility index (Phi) is 12.6. The number of fused-ring (bicyclic) bond motifs is 6. The van der Waals surface area contributed by atoms with E-state index in [0.29, 0.717) is 6.54 Å². The SMILES string of the molecule is C=CC1=C(C=C)C(c2ccccc2)(c2ccccc2)c2cc(-c3ccc4c(c3)C(C)(c3ccccc3)c3cc(C)c5ccccc5c3-4)ccc21.CC1=C(c2ccc(Cc3ccc(CN)cc3)cc2C)C=CCC1. The zero-order valence-electron chi connectivity index (χ0n) is 42.7. The van der Waals surface area contributed by atoms with Crippen molar-refractivity contribution in [2.45, 2.75) is 64.3 Å². The molecule has 0 amide bonds. The van der Waals surface area contributed by atoms with Crippen LogP contribution in [-0.4, -0.2) is 0 Å². The number of rotatable bonds is 10. The largest absolute Gasteiger partial charge is 0.326 e. The molecule has 1 unspecified atom stereocenters. The van der Waals surface area contributed by atoms with Crippen LogP contribution in [0.2, 0.25) is 0 Å². The van der Waals surface area contributed by atoms with E-state index in [2.05, 4.69) is 253 Å². The van der Waals surface area contributed by atoms with E-state index in [9.17, 15) is 0 Å². The first-order valence-electron chi connectivity index (χ1n) is 25.9. The maximum atomic E-state index is 5.66. The van der Waals surface area contributed by atoms with E-state index in [-0.39, 0.29) is 5.41 Å². The summed E-state index contributed by atoms with van der Waals surface area (Å²) in [6.07, 6.45) is 11.9. The average Bonchev–Trinajstić information content (AvgIpc) is 3.88. The summed E-state index contributed by atoms with van der Waals surface area (Å²) in [5.74, 6) is 0. The van der Waals surface area contributed by atoms with Crippen molar-refractivity contribution in [3.05, 3.63) is 321 Å². The lowest BCUT2D eigenvalue weighted by atomic mass is 9.66. The quantitative estimate of drug-likeness (QED) is 0.145. The second-order valence-corrected chi connectivity index (χ2v) is 20.4. The summed E-state index contributed by atoms with van der Waals surface area (Å²) >= 11 is 0. The first-order chi connectivity index (χ1) is 35.7. The van der Waals surface area contributed by atoms with Crippen molar-refractivity contribution in [2.24, 2.45) is 5.73 Å². The Hall–Kier alpha value is -8.10. The number of hydrogen-bond acceptors (Lipinski definition) is 1. The predicted molar refractivity (Wildman–Crippen MR) is 311 cm³/mol. The van der Waals surface area contributed by atoms with E-state index in [1.54, 1.807) is 0 Å². The Balaban J connectivity index is 0.000000209. The van der Waals surface area contributed by atoms with Crippen LogP contribution in [-0.2, 0) is 23.8 Å². The van der Waals surface area contributed by atoms with Gasteiger partial charge in [0.25, 0.3) is 0 Å².